The first kappa shape index (κ1) is 7.01. The van der Waals surface area contributed by atoms with Gasteiger partial charge in [0.2, 0.25) is 0 Å². The molecule has 0 spiro atoms. The first-order chi connectivity index (χ1) is 5.36. The highest BCUT2D eigenvalue weighted by Gasteiger charge is 2.03. The molecule has 2 heterocycles. The fourth-order valence-electron chi connectivity index (χ4n) is 0.588. The fourth-order valence-corrected chi connectivity index (χ4v) is 2.06. The Morgan fingerprint density at radius 2 is 2.36 bits per heavy atom. The number of hydrogen-bond donors (Lipinski definition) is 1. The molecule has 7 heteroatoms. The quantitative estimate of drug-likeness (QED) is 0.715. The topological polar surface area (TPSA) is 54.5 Å². The van der Waals surface area contributed by atoms with E-state index >= 15 is 0 Å². The summed E-state index contributed by atoms with van der Waals surface area (Å²) in [6, 6.07) is 0. The van der Waals surface area contributed by atoms with Crippen LogP contribution in [-0.4, -0.2) is 20.4 Å². The summed E-state index contributed by atoms with van der Waals surface area (Å²) in [5.74, 6) is 0. The normalized spacial score (nSPS) is 10.2. The predicted molar refractivity (Wildman–Crippen MR) is 46.2 cm³/mol. The van der Waals surface area contributed by atoms with Gasteiger partial charge in [0.15, 0.2) is 14.0 Å². The van der Waals surface area contributed by atoms with Crippen LogP contribution in [0.15, 0.2) is 5.51 Å². The van der Waals surface area contributed by atoms with Crippen LogP contribution < -0.4 is 0 Å². The number of hydrogen-bond acceptors (Lipinski definition) is 6. The zero-order chi connectivity index (χ0) is 7.68. The van der Waals surface area contributed by atoms with Crippen molar-refractivity contribution in [3.05, 3.63) is 9.46 Å². The molecule has 2 aromatic heterocycles. The molecule has 0 aromatic carbocycles. The van der Waals surface area contributed by atoms with Gasteiger partial charge in [-0.25, -0.2) is 0 Å². The Bertz CT molecular complexity index is 385. The molecular weight excluding hydrogens is 200 g/mol. The van der Waals surface area contributed by atoms with Crippen LogP contribution in [0.5, 0.6) is 0 Å². The Hall–Kier alpha value is -0.660. The van der Waals surface area contributed by atoms with E-state index in [4.69, 9.17) is 12.2 Å². The molecule has 0 aliphatic carbocycles. The van der Waals surface area contributed by atoms with E-state index in [1.807, 2.05) is 0 Å². The lowest BCUT2D eigenvalue weighted by molar-refractivity contribution is 1.05. The van der Waals surface area contributed by atoms with E-state index in [2.05, 4.69) is 20.4 Å². The smallest absolute Gasteiger partial charge is 0.178 e. The molecule has 0 aliphatic heterocycles. The van der Waals surface area contributed by atoms with Gasteiger partial charge in [0, 0.05) is 0 Å². The monoisotopic (exact) mass is 202 g/mol. The van der Waals surface area contributed by atoms with Crippen molar-refractivity contribution in [2.45, 2.75) is 0 Å². The van der Waals surface area contributed by atoms with Crippen molar-refractivity contribution >= 4 is 34.9 Å². The molecular formula is C4H2N4S3. The summed E-state index contributed by atoms with van der Waals surface area (Å²) in [7, 11) is 0. The summed E-state index contributed by atoms with van der Waals surface area (Å²) in [6.07, 6.45) is 0. The van der Waals surface area contributed by atoms with Gasteiger partial charge in [0.1, 0.15) is 5.51 Å². The zero-order valence-electron chi connectivity index (χ0n) is 5.14. The molecule has 0 atom stereocenters. The molecule has 2 aromatic rings. The molecule has 0 radical (unpaired) electrons. The maximum atomic E-state index is 4.86. The van der Waals surface area contributed by atoms with Gasteiger partial charge in [-0.2, -0.15) is 5.10 Å². The van der Waals surface area contributed by atoms with Crippen molar-refractivity contribution in [3.8, 4) is 10.0 Å². The zero-order valence-corrected chi connectivity index (χ0v) is 7.59. The number of nitrogens with zero attached hydrogens (tertiary/aromatic N) is 3. The van der Waals surface area contributed by atoms with Crippen LogP contribution in [0.25, 0.3) is 10.0 Å². The Labute approximate surface area is 74.9 Å². The molecule has 2 rings (SSSR count). The molecule has 0 bridgehead atoms. The van der Waals surface area contributed by atoms with Crippen molar-refractivity contribution in [2.24, 2.45) is 0 Å². The number of H-pyrrole nitrogens is 1. The van der Waals surface area contributed by atoms with Gasteiger partial charge in [-0.05, 0) is 12.2 Å². The van der Waals surface area contributed by atoms with Crippen LogP contribution in [0.1, 0.15) is 0 Å². The minimum Gasteiger partial charge on any atom is -0.258 e. The third kappa shape index (κ3) is 1.35. The lowest BCUT2D eigenvalue weighted by Gasteiger charge is -1.78. The van der Waals surface area contributed by atoms with Gasteiger partial charge in [-0.1, -0.05) is 22.7 Å². The van der Waals surface area contributed by atoms with E-state index < -0.39 is 0 Å². The number of aromatic amines is 1. The lowest BCUT2D eigenvalue weighted by atomic mass is 10.8. The highest BCUT2D eigenvalue weighted by molar-refractivity contribution is 7.73. The van der Waals surface area contributed by atoms with E-state index in [0.717, 1.165) is 10.0 Å². The first-order valence-electron chi connectivity index (χ1n) is 2.68. The molecule has 56 valence electrons. The highest BCUT2D eigenvalue weighted by Crippen LogP contribution is 2.21. The van der Waals surface area contributed by atoms with Crippen molar-refractivity contribution in [1.29, 1.82) is 0 Å². The summed E-state index contributed by atoms with van der Waals surface area (Å²) >= 11 is 7.71. The Morgan fingerprint density at radius 1 is 1.45 bits per heavy atom. The minimum absolute atomic E-state index is 0.662. The van der Waals surface area contributed by atoms with Crippen LogP contribution in [0.4, 0.5) is 0 Å². The van der Waals surface area contributed by atoms with Gasteiger partial charge >= 0.3 is 0 Å². The molecule has 0 aliphatic rings. The van der Waals surface area contributed by atoms with E-state index in [-0.39, 0.29) is 0 Å². The highest BCUT2D eigenvalue weighted by atomic mass is 32.1. The number of aromatic nitrogens is 4. The molecule has 0 amide bonds. The second-order valence-corrected chi connectivity index (χ2v) is 4.16. The van der Waals surface area contributed by atoms with Crippen molar-refractivity contribution < 1.29 is 0 Å². The van der Waals surface area contributed by atoms with Crippen molar-refractivity contribution in [3.63, 3.8) is 0 Å². The largest absolute Gasteiger partial charge is 0.258 e. The van der Waals surface area contributed by atoms with Crippen LogP contribution >= 0.6 is 34.9 Å². The summed E-state index contributed by atoms with van der Waals surface area (Å²) in [5, 5.41) is 15.8. The van der Waals surface area contributed by atoms with E-state index in [9.17, 15) is 0 Å². The molecule has 1 N–H and O–H groups in total. The average molecular weight is 202 g/mol. The van der Waals surface area contributed by atoms with Gasteiger partial charge in [-0.3, -0.25) is 5.10 Å². The molecule has 0 saturated carbocycles. The summed E-state index contributed by atoms with van der Waals surface area (Å²) in [4.78, 5) is 0. The maximum Gasteiger partial charge on any atom is 0.178 e. The summed E-state index contributed by atoms with van der Waals surface area (Å²) in [5.41, 5.74) is 1.67. The van der Waals surface area contributed by atoms with Crippen LogP contribution in [-0.2, 0) is 0 Å². The Balaban J connectivity index is 2.53. The Morgan fingerprint density at radius 3 is 2.91 bits per heavy atom. The van der Waals surface area contributed by atoms with Crippen LogP contribution in [0, 0.1) is 3.95 Å². The molecule has 0 saturated heterocycles. The maximum absolute atomic E-state index is 4.86. The summed E-state index contributed by atoms with van der Waals surface area (Å²) in [6.45, 7) is 0. The van der Waals surface area contributed by atoms with Crippen LogP contribution in [0.2, 0.25) is 0 Å². The fraction of sp³-hybridized carbons (Fsp3) is 0. The average Bonchev–Trinajstić information content (AvgIpc) is 2.55. The van der Waals surface area contributed by atoms with Gasteiger partial charge < -0.3 is 0 Å². The molecule has 11 heavy (non-hydrogen) atoms. The van der Waals surface area contributed by atoms with Crippen LogP contribution in [0.3, 0.4) is 0 Å². The Kier molecular flexibility index (Phi) is 1.76. The number of rotatable bonds is 1. The lowest BCUT2D eigenvalue weighted by Crippen LogP contribution is -1.74. The predicted octanol–water partition coefficient (Wildman–Crippen LogP) is 1.72. The third-order valence-corrected chi connectivity index (χ3v) is 2.90. The standard InChI is InChI=1S/C4H2N4S3/c9-4-8-7-3(11-4)2-6-5-1-10-2/h1H,(H,8,9). The van der Waals surface area contributed by atoms with E-state index in [1.54, 1.807) is 5.51 Å². The van der Waals surface area contributed by atoms with Gasteiger partial charge in [0.05, 0.1) is 0 Å². The second kappa shape index (κ2) is 2.76. The van der Waals surface area contributed by atoms with Crippen molar-refractivity contribution in [1.82, 2.24) is 20.4 Å². The third-order valence-electron chi connectivity index (χ3n) is 0.981. The first-order valence-corrected chi connectivity index (χ1v) is 4.79. The van der Waals surface area contributed by atoms with Gasteiger partial charge in [0.25, 0.3) is 0 Å². The SMILES string of the molecule is S=c1[nH]nc(-c2nncs2)s1. The number of nitrogens with one attached hydrogen (secondary N) is 1. The molecule has 0 fully saturated rings. The minimum atomic E-state index is 0.662. The molecule has 4 nitrogen and oxygen atoms in total. The second-order valence-electron chi connectivity index (χ2n) is 1.66. The van der Waals surface area contributed by atoms with Gasteiger partial charge in [-0.15, -0.1) is 10.2 Å². The molecule has 0 unspecified atom stereocenters. The summed E-state index contributed by atoms with van der Waals surface area (Å²) < 4.78 is 0.662. The van der Waals surface area contributed by atoms with Crippen molar-refractivity contribution in [2.75, 3.05) is 0 Å². The van der Waals surface area contributed by atoms with E-state index in [0.29, 0.717) is 3.95 Å². The van der Waals surface area contributed by atoms with E-state index in [1.165, 1.54) is 22.7 Å².